The molecule has 2 rings (SSSR count). The van der Waals surface area contributed by atoms with Crippen LogP contribution in [0.3, 0.4) is 0 Å². The average molecular weight is 297 g/mol. The fourth-order valence-corrected chi connectivity index (χ4v) is 3.38. The number of nitrogens with two attached hydrogens (primary N) is 1. The van der Waals surface area contributed by atoms with Crippen molar-refractivity contribution in [3.63, 3.8) is 0 Å². The maximum absolute atomic E-state index is 12.0. The Labute approximate surface area is 122 Å². The minimum Gasteiger partial charge on any atom is -0.465 e. The fourth-order valence-electron chi connectivity index (χ4n) is 2.22. The molecule has 0 radical (unpaired) electrons. The van der Waals surface area contributed by atoms with E-state index in [4.69, 9.17) is 10.5 Å². The summed E-state index contributed by atoms with van der Waals surface area (Å²) in [4.78, 5) is 28.3. The molecule has 0 amide bonds. The molecule has 0 aliphatic carbocycles. The molecule has 1 fully saturated rings. The third kappa shape index (κ3) is 2.64. The van der Waals surface area contributed by atoms with Gasteiger partial charge >= 0.3 is 5.97 Å². The smallest absolute Gasteiger partial charge is 0.343 e. The lowest BCUT2D eigenvalue weighted by molar-refractivity contribution is 0.0603. The van der Waals surface area contributed by atoms with Gasteiger partial charge in [-0.1, -0.05) is 0 Å². The van der Waals surface area contributed by atoms with Gasteiger partial charge in [0.25, 0.3) is 0 Å². The van der Waals surface area contributed by atoms with Crippen molar-refractivity contribution in [2.75, 3.05) is 51.0 Å². The summed E-state index contributed by atoms with van der Waals surface area (Å²) in [7, 11) is 3.38. The second-order valence-electron chi connectivity index (χ2n) is 4.86. The highest BCUT2D eigenvalue weighted by Gasteiger charge is 2.29. The zero-order chi connectivity index (χ0) is 14.9. The minimum atomic E-state index is -0.486. The predicted octanol–water partition coefficient (Wildman–Crippen LogP) is 1.07. The van der Waals surface area contributed by atoms with Crippen molar-refractivity contribution < 1.29 is 14.3 Å². The Morgan fingerprint density at radius 1 is 1.25 bits per heavy atom. The molecule has 0 spiro atoms. The van der Waals surface area contributed by atoms with Crippen LogP contribution < -0.4 is 10.6 Å². The first-order chi connectivity index (χ1) is 9.45. The van der Waals surface area contributed by atoms with Crippen LogP contribution in [0.2, 0.25) is 0 Å². The number of likely N-dealkylation sites (N-methyl/N-ethyl adjacent to an activating group) is 1. The first-order valence-corrected chi connectivity index (χ1v) is 7.22. The number of Topliss-reactive ketones (excluding diaryl/α,β-unsaturated/α-hetero) is 1. The lowest BCUT2D eigenvalue weighted by Crippen LogP contribution is -2.44. The molecule has 20 heavy (non-hydrogen) atoms. The number of thiophene rings is 1. The van der Waals surface area contributed by atoms with Gasteiger partial charge in [0.05, 0.1) is 17.7 Å². The van der Waals surface area contributed by atoms with Gasteiger partial charge in [-0.2, -0.15) is 0 Å². The summed E-state index contributed by atoms with van der Waals surface area (Å²) < 4.78 is 4.80. The maximum Gasteiger partial charge on any atom is 0.343 e. The van der Waals surface area contributed by atoms with Gasteiger partial charge in [0.1, 0.15) is 10.6 Å². The molecule has 1 aliphatic heterocycles. The van der Waals surface area contributed by atoms with Crippen LogP contribution in [0.5, 0.6) is 0 Å². The van der Waals surface area contributed by atoms with E-state index in [1.807, 2.05) is 0 Å². The number of esters is 1. The van der Waals surface area contributed by atoms with Crippen molar-refractivity contribution in [3.05, 3.63) is 10.4 Å². The van der Waals surface area contributed by atoms with E-state index in [0.717, 1.165) is 31.2 Å². The van der Waals surface area contributed by atoms with Crippen LogP contribution in [0.4, 0.5) is 10.7 Å². The highest BCUT2D eigenvalue weighted by Crippen LogP contribution is 2.39. The van der Waals surface area contributed by atoms with Crippen LogP contribution in [0, 0.1) is 0 Å². The first kappa shape index (κ1) is 14.8. The summed E-state index contributed by atoms with van der Waals surface area (Å²) in [6.45, 7) is 4.88. The number of nitrogens with zero attached hydrogens (tertiary/aromatic N) is 2. The largest absolute Gasteiger partial charge is 0.465 e. The first-order valence-electron chi connectivity index (χ1n) is 6.40. The Bertz CT molecular complexity index is 533. The molecule has 6 nitrogen and oxygen atoms in total. The van der Waals surface area contributed by atoms with Gasteiger partial charge in [-0.25, -0.2) is 4.79 Å². The number of hydrogen-bond donors (Lipinski definition) is 1. The van der Waals surface area contributed by atoms with Gasteiger partial charge in [0, 0.05) is 33.1 Å². The van der Waals surface area contributed by atoms with Gasteiger partial charge in [-0.15, -0.1) is 11.3 Å². The summed E-state index contributed by atoms with van der Waals surface area (Å²) in [6.07, 6.45) is 0. The van der Waals surface area contributed by atoms with Gasteiger partial charge in [0.15, 0.2) is 5.78 Å². The number of carbonyl (C=O) groups is 2. The zero-order valence-electron chi connectivity index (χ0n) is 11.9. The van der Waals surface area contributed by atoms with E-state index in [1.165, 1.54) is 25.4 Å². The summed E-state index contributed by atoms with van der Waals surface area (Å²) in [6, 6.07) is 0. The number of ketones is 1. The molecule has 1 aromatic heterocycles. The van der Waals surface area contributed by atoms with Crippen molar-refractivity contribution >= 4 is 33.8 Å². The second kappa shape index (κ2) is 5.80. The van der Waals surface area contributed by atoms with Crippen LogP contribution in [0.25, 0.3) is 0 Å². The van der Waals surface area contributed by atoms with E-state index in [1.54, 1.807) is 0 Å². The average Bonchev–Trinajstić information content (AvgIpc) is 2.76. The third-order valence-corrected chi connectivity index (χ3v) is 4.79. The van der Waals surface area contributed by atoms with Crippen molar-refractivity contribution in [3.8, 4) is 0 Å². The SMILES string of the molecule is COC(=O)c1c(N2CCN(C)CC2)sc(C(C)=O)c1N. The molecule has 1 aliphatic rings. The van der Waals surface area contributed by atoms with E-state index in [0.29, 0.717) is 10.4 Å². The van der Waals surface area contributed by atoms with Crippen molar-refractivity contribution in [1.82, 2.24) is 4.90 Å². The highest BCUT2D eigenvalue weighted by molar-refractivity contribution is 7.19. The Balaban J connectivity index is 2.43. The van der Waals surface area contributed by atoms with Gasteiger partial charge in [-0.3, -0.25) is 4.79 Å². The van der Waals surface area contributed by atoms with E-state index in [9.17, 15) is 9.59 Å². The van der Waals surface area contributed by atoms with Crippen LogP contribution in [-0.2, 0) is 4.74 Å². The molecule has 0 saturated carbocycles. The van der Waals surface area contributed by atoms with Crippen LogP contribution >= 0.6 is 11.3 Å². The van der Waals surface area contributed by atoms with Crippen LogP contribution in [0.15, 0.2) is 0 Å². The standard InChI is InChI=1S/C13H19N3O3S/c1-8(17)11-10(14)9(13(18)19-3)12(20-11)16-6-4-15(2)5-7-16/h4-7,14H2,1-3H3. The Morgan fingerprint density at radius 3 is 2.35 bits per heavy atom. The Hall–Kier alpha value is -1.60. The lowest BCUT2D eigenvalue weighted by Gasteiger charge is -2.33. The molecular formula is C13H19N3O3S. The Kier molecular flexibility index (Phi) is 4.29. The van der Waals surface area contributed by atoms with Gasteiger partial charge in [0.2, 0.25) is 0 Å². The van der Waals surface area contributed by atoms with E-state index in [2.05, 4.69) is 16.8 Å². The number of carbonyl (C=O) groups excluding carboxylic acids is 2. The van der Waals surface area contributed by atoms with Gasteiger partial charge < -0.3 is 20.3 Å². The normalized spacial score (nSPS) is 16.2. The Morgan fingerprint density at radius 2 is 1.85 bits per heavy atom. The van der Waals surface area contributed by atoms with Crippen molar-refractivity contribution in [2.24, 2.45) is 0 Å². The number of nitrogen functional groups attached to an aromatic ring is 1. The number of methoxy groups -OCH3 is 1. The molecule has 7 heteroatoms. The molecule has 110 valence electrons. The highest BCUT2D eigenvalue weighted by atomic mass is 32.1. The molecule has 0 atom stereocenters. The number of hydrogen-bond acceptors (Lipinski definition) is 7. The van der Waals surface area contributed by atoms with Crippen LogP contribution in [0.1, 0.15) is 27.0 Å². The molecule has 1 saturated heterocycles. The molecule has 0 bridgehead atoms. The van der Waals surface area contributed by atoms with Crippen molar-refractivity contribution in [2.45, 2.75) is 6.92 Å². The predicted molar refractivity (Wildman–Crippen MR) is 79.8 cm³/mol. The number of rotatable bonds is 3. The number of ether oxygens (including phenoxy) is 1. The van der Waals surface area contributed by atoms with Crippen LogP contribution in [-0.4, -0.2) is 57.0 Å². The monoisotopic (exact) mass is 297 g/mol. The number of anilines is 2. The van der Waals surface area contributed by atoms with Crippen molar-refractivity contribution in [1.29, 1.82) is 0 Å². The summed E-state index contributed by atoms with van der Waals surface area (Å²) >= 11 is 1.28. The maximum atomic E-state index is 12.0. The third-order valence-electron chi connectivity index (χ3n) is 3.43. The fraction of sp³-hybridized carbons (Fsp3) is 0.538. The molecule has 2 N–H and O–H groups in total. The minimum absolute atomic E-state index is 0.127. The summed E-state index contributed by atoms with van der Waals surface area (Å²) in [5, 5.41) is 0.743. The second-order valence-corrected chi connectivity index (χ2v) is 5.86. The molecule has 0 aromatic carbocycles. The number of piperazine rings is 1. The molecule has 2 heterocycles. The summed E-state index contributed by atoms with van der Waals surface area (Å²) in [5.74, 6) is -0.613. The van der Waals surface area contributed by atoms with E-state index in [-0.39, 0.29) is 11.5 Å². The lowest BCUT2D eigenvalue weighted by atomic mass is 10.2. The molecule has 0 unspecified atom stereocenters. The van der Waals surface area contributed by atoms with E-state index >= 15 is 0 Å². The molecular weight excluding hydrogens is 278 g/mol. The molecule has 1 aromatic rings. The summed E-state index contributed by atoms with van der Waals surface area (Å²) in [5.41, 5.74) is 6.53. The quantitative estimate of drug-likeness (QED) is 0.664. The topological polar surface area (TPSA) is 75.9 Å². The van der Waals surface area contributed by atoms with E-state index < -0.39 is 5.97 Å². The zero-order valence-corrected chi connectivity index (χ0v) is 12.7. The van der Waals surface area contributed by atoms with Gasteiger partial charge in [-0.05, 0) is 7.05 Å².